The van der Waals surface area contributed by atoms with Crippen LogP contribution < -0.4 is 5.73 Å². The summed E-state index contributed by atoms with van der Waals surface area (Å²) in [6.07, 6.45) is 0. The van der Waals surface area contributed by atoms with Gasteiger partial charge < -0.3 is 10.3 Å². The van der Waals surface area contributed by atoms with Crippen molar-refractivity contribution in [2.24, 2.45) is 0 Å². The number of aryl methyl sites for hydroxylation is 2. The van der Waals surface area contributed by atoms with Crippen LogP contribution in [0.3, 0.4) is 0 Å². The van der Waals surface area contributed by atoms with Crippen LogP contribution in [0.5, 0.6) is 0 Å². The molecule has 0 saturated carbocycles. The fourth-order valence-electron chi connectivity index (χ4n) is 2.24. The van der Waals surface area contributed by atoms with Gasteiger partial charge in [0.1, 0.15) is 0 Å². The van der Waals surface area contributed by atoms with Crippen molar-refractivity contribution in [2.45, 2.75) is 13.8 Å². The molecule has 4 nitrogen and oxygen atoms in total. The molecule has 0 saturated heterocycles. The molecule has 0 unspecified atom stereocenters. The number of rotatable bonds is 2. The van der Waals surface area contributed by atoms with E-state index in [1.807, 2.05) is 56.3 Å². The van der Waals surface area contributed by atoms with Crippen molar-refractivity contribution in [1.29, 1.82) is 0 Å². The highest BCUT2D eigenvalue weighted by Gasteiger charge is 2.15. The minimum absolute atomic E-state index is 0.457. The first-order valence-corrected chi connectivity index (χ1v) is 6.42. The number of anilines is 1. The molecule has 1 aromatic heterocycles. The molecule has 3 aromatic rings. The van der Waals surface area contributed by atoms with E-state index < -0.39 is 0 Å². The van der Waals surface area contributed by atoms with E-state index in [9.17, 15) is 0 Å². The van der Waals surface area contributed by atoms with E-state index >= 15 is 0 Å². The number of nitrogens with two attached hydrogens (primary N) is 1. The molecule has 4 heteroatoms. The molecule has 0 aliphatic heterocycles. The second kappa shape index (κ2) is 4.81. The number of benzene rings is 2. The Balaban J connectivity index is 2.10. The fraction of sp³-hybridized carbons (Fsp3) is 0.125. The molecular weight excluding hydrogens is 250 g/mol. The van der Waals surface area contributed by atoms with Crippen LogP contribution in [-0.4, -0.2) is 10.1 Å². The van der Waals surface area contributed by atoms with Gasteiger partial charge in [-0.2, -0.15) is 4.98 Å². The van der Waals surface area contributed by atoms with E-state index in [2.05, 4.69) is 10.1 Å². The number of nitrogen functional groups attached to an aromatic ring is 1. The molecule has 100 valence electrons. The molecule has 0 fully saturated rings. The summed E-state index contributed by atoms with van der Waals surface area (Å²) in [6, 6.07) is 13.7. The zero-order chi connectivity index (χ0) is 14.1. The molecule has 20 heavy (non-hydrogen) atoms. The monoisotopic (exact) mass is 265 g/mol. The Morgan fingerprint density at radius 2 is 1.70 bits per heavy atom. The summed E-state index contributed by atoms with van der Waals surface area (Å²) < 4.78 is 5.38. The van der Waals surface area contributed by atoms with Crippen molar-refractivity contribution in [3.8, 4) is 22.8 Å². The van der Waals surface area contributed by atoms with E-state index in [0.29, 0.717) is 17.4 Å². The molecule has 3 rings (SSSR count). The lowest BCUT2D eigenvalue weighted by Crippen LogP contribution is -1.93. The summed E-state index contributed by atoms with van der Waals surface area (Å²) in [5.74, 6) is 1.04. The van der Waals surface area contributed by atoms with E-state index in [1.165, 1.54) is 0 Å². The van der Waals surface area contributed by atoms with Crippen LogP contribution in [-0.2, 0) is 0 Å². The zero-order valence-corrected chi connectivity index (χ0v) is 11.4. The summed E-state index contributed by atoms with van der Waals surface area (Å²) in [7, 11) is 0. The van der Waals surface area contributed by atoms with Crippen molar-refractivity contribution < 1.29 is 4.52 Å². The van der Waals surface area contributed by atoms with Crippen molar-refractivity contribution >= 4 is 5.69 Å². The summed E-state index contributed by atoms with van der Waals surface area (Å²) in [6.45, 7) is 4.00. The van der Waals surface area contributed by atoms with Crippen molar-refractivity contribution in [1.82, 2.24) is 10.1 Å². The number of hydrogen-bond acceptors (Lipinski definition) is 4. The van der Waals surface area contributed by atoms with Gasteiger partial charge in [-0.25, -0.2) is 0 Å². The van der Waals surface area contributed by atoms with Gasteiger partial charge in [-0.15, -0.1) is 0 Å². The predicted octanol–water partition coefficient (Wildman–Crippen LogP) is 3.60. The molecule has 0 aliphatic carbocycles. The molecule has 0 atom stereocenters. The SMILES string of the molecule is Cc1ccccc1-c1noc(-c2c(C)cccc2N)n1. The second-order valence-electron chi connectivity index (χ2n) is 4.78. The predicted molar refractivity (Wildman–Crippen MR) is 79.1 cm³/mol. The Bertz CT molecular complexity index is 742. The van der Waals surface area contributed by atoms with Gasteiger partial charge in [0.05, 0.1) is 5.56 Å². The summed E-state index contributed by atoms with van der Waals surface area (Å²) >= 11 is 0. The van der Waals surface area contributed by atoms with Crippen LogP contribution in [0.2, 0.25) is 0 Å². The molecule has 0 aliphatic rings. The van der Waals surface area contributed by atoms with Crippen LogP contribution >= 0.6 is 0 Å². The van der Waals surface area contributed by atoms with Gasteiger partial charge in [0.25, 0.3) is 5.89 Å². The van der Waals surface area contributed by atoms with E-state index in [0.717, 1.165) is 22.3 Å². The van der Waals surface area contributed by atoms with Gasteiger partial charge >= 0.3 is 0 Å². The van der Waals surface area contributed by atoms with E-state index in [-0.39, 0.29) is 0 Å². The molecule has 2 aromatic carbocycles. The highest BCUT2D eigenvalue weighted by molar-refractivity contribution is 5.74. The first-order chi connectivity index (χ1) is 9.66. The lowest BCUT2D eigenvalue weighted by molar-refractivity contribution is 0.432. The summed E-state index contributed by atoms with van der Waals surface area (Å²) in [5.41, 5.74) is 10.5. The van der Waals surface area contributed by atoms with Crippen molar-refractivity contribution in [2.75, 3.05) is 5.73 Å². The first-order valence-electron chi connectivity index (χ1n) is 6.42. The Hall–Kier alpha value is -2.62. The smallest absolute Gasteiger partial charge is 0.260 e. The van der Waals surface area contributed by atoms with Crippen LogP contribution in [0, 0.1) is 13.8 Å². The van der Waals surface area contributed by atoms with Crippen LogP contribution in [0.25, 0.3) is 22.8 Å². The van der Waals surface area contributed by atoms with Crippen LogP contribution in [0.4, 0.5) is 5.69 Å². The van der Waals surface area contributed by atoms with Crippen LogP contribution in [0.15, 0.2) is 47.0 Å². The Morgan fingerprint density at radius 1 is 0.950 bits per heavy atom. The minimum atomic E-state index is 0.457. The molecular formula is C16H15N3O. The van der Waals surface area contributed by atoms with Crippen LogP contribution in [0.1, 0.15) is 11.1 Å². The molecule has 0 spiro atoms. The zero-order valence-electron chi connectivity index (χ0n) is 11.4. The largest absolute Gasteiger partial charge is 0.398 e. The van der Waals surface area contributed by atoms with Crippen molar-refractivity contribution in [3.63, 3.8) is 0 Å². The molecule has 2 N–H and O–H groups in total. The third-order valence-corrected chi connectivity index (χ3v) is 3.33. The Morgan fingerprint density at radius 3 is 2.45 bits per heavy atom. The lowest BCUT2D eigenvalue weighted by atomic mass is 10.1. The maximum absolute atomic E-state index is 6.00. The summed E-state index contributed by atoms with van der Waals surface area (Å²) in [5, 5.41) is 4.06. The fourth-order valence-corrected chi connectivity index (χ4v) is 2.24. The second-order valence-corrected chi connectivity index (χ2v) is 4.78. The Kier molecular flexibility index (Phi) is 2.99. The average Bonchev–Trinajstić information content (AvgIpc) is 2.88. The molecule has 1 heterocycles. The number of hydrogen-bond donors (Lipinski definition) is 1. The topological polar surface area (TPSA) is 64.9 Å². The minimum Gasteiger partial charge on any atom is -0.398 e. The quantitative estimate of drug-likeness (QED) is 0.719. The highest BCUT2D eigenvalue weighted by atomic mass is 16.5. The van der Waals surface area contributed by atoms with E-state index in [1.54, 1.807) is 0 Å². The summed E-state index contributed by atoms with van der Waals surface area (Å²) in [4.78, 5) is 4.48. The van der Waals surface area contributed by atoms with Crippen molar-refractivity contribution in [3.05, 3.63) is 53.6 Å². The van der Waals surface area contributed by atoms with Gasteiger partial charge in [-0.1, -0.05) is 41.6 Å². The molecule has 0 amide bonds. The maximum atomic E-state index is 6.00. The third-order valence-electron chi connectivity index (χ3n) is 3.33. The first kappa shape index (κ1) is 12.4. The number of nitrogens with zero attached hydrogens (tertiary/aromatic N) is 2. The third kappa shape index (κ3) is 2.05. The van der Waals surface area contributed by atoms with Gasteiger partial charge in [-0.05, 0) is 31.0 Å². The standard InChI is InChI=1S/C16H15N3O/c1-10-6-3-4-8-12(10)15-18-16(20-19-15)14-11(2)7-5-9-13(14)17/h3-9H,17H2,1-2H3. The highest BCUT2D eigenvalue weighted by Crippen LogP contribution is 2.30. The van der Waals surface area contributed by atoms with Gasteiger partial charge in [0, 0.05) is 11.3 Å². The Labute approximate surface area is 117 Å². The average molecular weight is 265 g/mol. The molecule has 0 radical (unpaired) electrons. The normalized spacial score (nSPS) is 10.7. The van der Waals surface area contributed by atoms with Gasteiger partial charge in [0.15, 0.2) is 0 Å². The lowest BCUT2D eigenvalue weighted by Gasteiger charge is -2.03. The van der Waals surface area contributed by atoms with Gasteiger partial charge in [-0.3, -0.25) is 0 Å². The maximum Gasteiger partial charge on any atom is 0.260 e. The molecule has 0 bridgehead atoms. The number of aromatic nitrogens is 2. The van der Waals surface area contributed by atoms with E-state index in [4.69, 9.17) is 10.3 Å². The van der Waals surface area contributed by atoms with Gasteiger partial charge in [0.2, 0.25) is 5.82 Å².